The molecule has 2 aromatic carbocycles. The Morgan fingerprint density at radius 3 is 2.57 bits per heavy atom. The Labute approximate surface area is 138 Å². The molecule has 0 unspecified atom stereocenters. The second-order valence-corrected chi connectivity index (χ2v) is 5.23. The number of benzene rings is 2. The highest BCUT2D eigenvalue weighted by molar-refractivity contribution is 6.30. The highest BCUT2D eigenvalue weighted by Crippen LogP contribution is 2.24. The number of phenols is 1. The monoisotopic (exact) mass is 327 g/mol. The van der Waals surface area contributed by atoms with Crippen LogP contribution in [0.5, 0.6) is 5.75 Å². The molecule has 0 aliphatic carbocycles. The van der Waals surface area contributed by atoms with Gasteiger partial charge in [-0.25, -0.2) is 0 Å². The molecule has 0 bridgehead atoms. The fourth-order valence-electron chi connectivity index (χ4n) is 1.79. The zero-order chi connectivity index (χ0) is 16.8. The van der Waals surface area contributed by atoms with E-state index in [0.717, 1.165) is 5.56 Å². The molecule has 0 heterocycles. The first-order valence-electron chi connectivity index (χ1n) is 6.73. The number of amides is 1. The van der Waals surface area contributed by atoms with Crippen LogP contribution in [0, 0.1) is 18.3 Å². The molecule has 2 rings (SSSR count). The molecule has 0 fully saturated rings. The maximum Gasteiger partial charge on any atom is 0.267 e. The highest BCUT2D eigenvalue weighted by atomic mass is 35.5. The lowest BCUT2D eigenvalue weighted by Crippen LogP contribution is -2.14. The number of aryl methyl sites for hydroxylation is 1. The van der Waals surface area contributed by atoms with Gasteiger partial charge in [-0.15, -0.1) is 0 Å². The van der Waals surface area contributed by atoms with Crippen LogP contribution in [0.1, 0.15) is 5.56 Å². The number of carbonyl (C=O) groups is 1. The van der Waals surface area contributed by atoms with Gasteiger partial charge in [0, 0.05) is 16.9 Å². The van der Waals surface area contributed by atoms with E-state index >= 15 is 0 Å². The van der Waals surface area contributed by atoms with Crippen molar-refractivity contribution in [3.63, 3.8) is 0 Å². The average Bonchev–Trinajstić information content (AvgIpc) is 2.52. The molecule has 0 aliphatic heterocycles. The summed E-state index contributed by atoms with van der Waals surface area (Å²) < 4.78 is 0. The van der Waals surface area contributed by atoms with Crippen LogP contribution < -0.4 is 10.6 Å². The van der Waals surface area contributed by atoms with Gasteiger partial charge in [-0.2, -0.15) is 5.26 Å². The third kappa shape index (κ3) is 4.50. The second kappa shape index (κ2) is 7.34. The van der Waals surface area contributed by atoms with Crippen molar-refractivity contribution in [2.24, 2.45) is 0 Å². The molecule has 3 N–H and O–H groups in total. The first-order chi connectivity index (χ1) is 11.0. The lowest BCUT2D eigenvalue weighted by molar-refractivity contribution is -0.112. The normalized spacial score (nSPS) is 10.7. The van der Waals surface area contributed by atoms with Crippen LogP contribution >= 0.6 is 11.6 Å². The van der Waals surface area contributed by atoms with E-state index in [-0.39, 0.29) is 11.3 Å². The Bertz CT molecular complexity index is 792. The molecular formula is C17H14ClN3O2. The minimum absolute atomic E-state index is 0.0386. The number of halogens is 1. The van der Waals surface area contributed by atoms with E-state index in [1.807, 2.05) is 13.0 Å². The molecule has 0 spiro atoms. The summed E-state index contributed by atoms with van der Waals surface area (Å²) in [7, 11) is 0. The predicted octanol–water partition coefficient (Wildman–Crippen LogP) is 3.81. The maximum absolute atomic E-state index is 12.1. The third-order valence-electron chi connectivity index (χ3n) is 2.99. The number of phenolic OH excluding ortho intramolecular Hbond substituents is 1. The van der Waals surface area contributed by atoms with Crippen molar-refractivity contribution in [3.05, 3.63) is 64.8 Å². The van der Waals surface area contributed by atoms with Gasteiger partial charge in [-0.1, -0.05) is 17.7 Å². The number of hydrogen-bond donors (Lipinski definition) is 3. The summed E-state index contributed by atoms with van der Waals surface area (Å²) in [5.41, 5.74) is 1.71. The summed E-state index contributed by atoms with van der Waals surface area (Å²) in [4.78, 5) is 12.1. The van der Waals surface area contributed by atoms with Gasteiger partial charge in [-0.3, -0.25) is 4.79 Å². The second-order valence-electron chi connectivity index (χ2n) is 4.80. The smallest absolute Gasteiger partial charge is 0.267 e. The van der Waals surface area contributed by atoms with Crippen molar-refractivity contribution in [2.45, 2.75) is 6.92 Å². The highest BCUT2D eigenvalue weighted by Gasteiger charge is 2.09. The zero-order valence-electron chi connectivity index (χ0n) is 12.3. The van der Waals surface area contributed by atoms with Gasteiger partial charge in [-0.05, 0) is 48.9 Å². The predicted molar refractivity (Wildman–Crippen MR) is 90.2 cm³/mol. The topological polar surface area (TPSA) is 85.2 Å². The summed E-state index contributed by atoms with van der Waals surface area (Å²) in [6, 6.07) is 13.4. The van der Waals surface area contributed by atoms with E-state index in [0.29, 0.717) is 16.4 Å². The summed E-state index contributed by atoms with van der Waals surface area (Å²) in [6.45, 7) is 1.85. The van der Waals surface area contributed by atoms with E-state index in [1.165, 1.54) is 6.20 Å². The molecule has 0 radical (unpaired) electrons. The number of hydrogen-bond acceptors (Lipinski definition) is 4. The average molecular weight is 328 g/mol. The molecule has 6 heteroatoms. The van der Waals surface area contributed by atoms with Gasteiger partial charge in [0.25, 0.3) is 5.91 Å². The number of anilines is 2. The van der Waals surface area contributed by atoms with Crippen LogP contribution in [0.25, 0.3) is 0 Å². The number of nitrogens with zero attached hydrogens (tertiary/aromatic N) is 1. The summed E-state index contributed by atoms with van der Waals surface area (Å²) in [6.07, 6.45) is 1.25. The molecule has 23 heavy (non-hydrogen) atoms. The van der Waals surface area contributed by atoms with Crippen molar-refractivity contribution in [1.29, 1.82) is 5.26 Å². The van der Waals surface area contributed by atoms with Crippen LogP contribution in [0.2, 0.25) is 5.02 Å². The summed E-state index contributed by atoms with van der Waals surface area (Å²) in [5, 5.41) is 24.8. The van der Waals surface area contributed by atoms with Gasteiger partial charge >= 0.3 is 0 Å². The number of nitriles is 1. The van der Waals surface area contributed by atoms with E-state index in [1.54, 1.807) is 42.5 Å². The molecular weight excluding hydrogens is 314 g/mol. The van der Waals surface area contributed by atoms with Crippen LogP contribution in [-0.4, -0.2) is 11.0 Å². The van der Waals surface area contributed by atoms with Crippen molar-refractivity contribution < 1.29 is 9.90 Å². The van der Waals surface area contributed by atoms with Crippen LogP contribution in [0.15, 0.2) is 54.2 Å². The zero-order valence-corrected chi connectivity index (χ0v) is 13.1. The third-order valence-corrected chi connectivity index (χ3v) is 3.24. The van der Waals surface area contributed by atoms with Gasteiger partial charge < -0.3 is 15.7 Å². The van der Waals surface area contributed by atoms with Crippen molar-refractivity contribution in [2.75, 3.05) is 10.6 Å². The minimum atomic E-state index is -0.561. The fraction of sp³-hybridized carbons (Fsp3) is 0.0588. The van der Waals surface area contributed by atoms with E-state index in [4.69, 9.17) is 16.9 Å². The van der Waals surface area contributed by atoms with Crippen molar-refractivity contribution in [3.8, 4) is 11.8 Å². The number of carbonyl (C=O) groups excluding carboxylic acids is 1. The summed E-state index contributed by atoms with van der Waals surface area (Å²) in [5.74, 6) is -0.523. The first-order valence-corrected chi connectivity index (χ1v) is 7.11. The molecule has 0 aliphatic rings. The molecule has 0 atom stereocenters. The molecule has 2 aromatic rings. The standard InChI is InChI=1S/C17H14ClN3O2/c1-11-2-7-15(16(22)8-11)20-10-12(9-19)17(23)21-14-5-3-13(18)4-6-14/h2-8,10,20,22H,1H3,(H,21,23)/b12-10-. The fourth-order valence-corrected chi connectivity index (χ4v) is 1.92. The molecule has 116 valence electrons. The molecule has 0 saturated heterocycles. The number of aromatic hydroxyl groups is 1. The molecule has 0 saturated carbocycles. The van der Waals surface area contributed by atoms with Crippen molar-refractivity contribution in [1.82, 2.24) is 0 Å². The SMILES string of the molecule is Cc1ccc(N/C=C(/C#N)C(=O)Nc2ccc(Cl)cc2)c(O)c1. The Hall–Kier alpha value is -2.97. The number of nitrogens with one attached hydrogen (secondary N) is 2. The lowest BCUT2D eigenvalue weighted by Gasteiger charge is -2.07. The van der Waals surface area contributed by atoms with Gasteiger partial charge in [0.15, 0.2) is 0 Å². The van der Waals surface area contributed by atoms with E-state index < -0.39 is 5.91 Å². The largest absolute Gasteiger partial charge is 0.506 e. The van der Waals surface area contributed by atoms with E-state index in [2.05, 4.69) is 10.6 Å². The molecule has 5 nitrogen and oxygen atoms in total. The van der Waals surface area contributed by atoms with Crippen LogP contribution in [0.3, 0.4) is 0 Å². The van der Waals surface area contributed by atoms with Gasteiger partial charge in [0.05, 0.1) is 5.69 Å². The number of rotatable bonds is 4. The van der Waals surface area contributed by atoms with Gasteiger partial charge in [0.2, 0.25) is 0 Å². The Morgan fingerprint density at radius 2 is 1.96 bits per heavy atom. The lowest BCUT2D eigenvalue weighted by atomic mass is 10.2. The molecule has 1 amide bonds. The summed E-state index contributed by atoms with van der Waals surface area (Å²) >= 11 is 5.77. The Morgan fingerprint density at radius 1 is 1.26 bits per heavy atom. The van der Waals surface area contributed by atoms with Crippen LogP contribution in [-0.2, 0) is 4.79 Å². The maximum atomic E-state index is 12.1. The van der Waals surface area contributed by atoms with Gasteiger partial charge in [0.1, 0.15) is 17.4 Å². The Kier molecular flexibility index (Phi) is 5.23. The first kappa shape index (κ1) is 16.4. The quantitative estimate of drug-likeness (QED) is 0.453. The minimum Gasteiger partial charge on any atom is -0.506 e. The Balaban J connectivity index is 2.10. The van der Waals surface area contributed by atoms with Crippen molar-refractivity contribution >= 4 is 28.9 Å². The van der Waals surface area contributed by atoms with E-state index in [9.17, 15) is 9.90 Å². The van der Waals surface area contributed by atoms with Crippen LogP contribution in [0.4, 0.5) is 11.4 Å². The molecule has 0 aromatic heterocycles.